The third-order valence-electron chi connectivity index (χ3n) is 2.87. The largest absolute Gasteiger partial charge is 0.329 e. The summed E-state index contributed by atoms with van der Waals surface area (Å²) in [4.78, 5) is 0.376. The monoisotopic (exact) mass is 321 g/mol. The molecule has 0 aliphatic heterocycles. The molecule has 1 aromatic carbocycles. The highest BCUT2D eigenvalue weighted by Crippen LogP contribution is 2.25. The molecule has 0 spiro atoms. The van der Waals surface area contributed by atoms with Gasteiger partial charge in [-0.2, -0.15) is 9.57 Å². The number of hydrogen-bond donors (Lipinski definition) is 1. The van der Waals surface area contributed by atoms with Gasteiger partial charge in [0.2, 0.25) is 0 Å². The van der Waals surface area contributed by atoms with Gasteiger partial charge in [0.05, 0.1) is 0 Å². The molecule has 21 heavy (non-hydrogen) atoms. The van der Waals surface area contributed by atoms with Gasteiger partial charge in [0, 0.05) is 19.6 Å². The van der Waals surface area contributed by atoms with Crippen LogP contribution in [0, 0.1) is 11.3 Å². The van der Waals surface area contributed by atoms with Crippen LogP contribution in [0.2, 0.25) is 0 Å². The first-order chi connectivity index (χ1) is 10.1. The molecule has 7 heteroatoms. The third kappa shape index (κ3) is 3.68. The number of sulfonamides is 1. The number of nitrogens with zero attached hydrogens (tertiary/aromatic N) is 2. The van der Waals surface area contributed by atoms with Crippen LogP contribution in [0.1, 0.15) is 10.4 Å². The van der Waals surface area contributed by atoms with E-state index in [-0.39, 0.29) is 23.8 Å². The molecule has 5 nitrogen and oxygen atoms in total. The molecule has 110 valence electrons. The second-order valence-electron chi connectivity index (χ2n) is 4.34. The Labute approximate surface area is 128 Å². The fourth-order valence-corrected chi connectivity index (χ4v) is 4.56. The second-order valence-corrected chi connectivity index (χ2v) is 7.59. The fraction of sp³-hybridized carbons (Fsp3) is 0.214. The number of nitrogens with two attached hydrogens (primary N) is 1. The molecule has 0 unspecified atom stereocenters. The van der Waals surface area contributed by atoms with Crippen LogP contribution in [0.5, 0.6) is 0 Å². The van der Waals surface area contributed by atoms with Crippen LogP contribution in [-0.2, 0) is 16.6 Å². The van der Waals surface area contributed by atoms with Crippen LogP contribution in [0.15, 0.2) is 46.7 Å². The standard InChI is InChI=1S/C14H15N3O2S2/c15-8-9-17(11-12-4-2-1-3-5-12)21(18,19)14-7-6-13(10-16)20-14/h1-7H,8-9,11,15H2. The van der Waals surface area contributed by atoms with E-state index in [1.54, 1.807) is 0 Å². The van der Waals surface area contributed by atoms with Crippen molar-refractivity contribution < 1.29 is 8.42 Å². The average Bonchev–Trinajstić information content (AvgIpc) is 2.97. The first-order valence-electron chi connectivity index (χ1n) is 6.32. The minimum Gasteiger partial charge on any atom is -0.329 e. The molecule has 0 radical (unpaired) electrons. The van der Waals surface area contributed by atoms with Crippen LogP contribution < -0.4 is 5.73 Å². The van der Waals surface area contributed by atoms with Gasteiger partial charge in [0.15, 0.2) is 0 Å². The van der Waals surface area contributed by atoms with E-state index in [1.807, 2.05) is 36.4 Å². The highest BCUT2D eigenvalue weighted by molar-refractivity contribution is 7.91. The van der Waals surface area contributed by atoms with Crippen molar-refractivity contribution in [2.24, 2.45) is 5.73 Å². The van der Waals surface area contributed by atoms with E-state index in [2.05, 4.69) is 0 Å². The second kappa shape index (κ2) is 6.83. The quantitative estimate of drug-likeness (QED) is 0.878. The zero-order valence-electron chi connectivity index (χ0n) is 11.3. The van der Waals surface area contributed by atoms with E-state index in [0.717, 1.165) is 16.9 Å². The van der Waals surface area contributed by atoms with Crippen molar-refractivity contribution in [2.75, 3.05) is 13.1 Å². The lowest BCUT2D eigenvalue weighted by atomic mass is 10.2. The third-order valence-corrected chi connectivity index (χ3v) is 6.17. The minimum atomic E-state index is -3.63. The number of hydrogen-bond acceptors (Lipinski definition) is 5. The molecule has 0 saturated carbocycles. The van der Waals surface area contributed by atoms with Gasteiger partial charge >= 0.3 is 0 Å². The van der Waals surface area contributed by atoms with Crippen LogP contribution in [0.25, 0.3) is 0 Å². The Kier molecular flexibility index (Phi) is 5.09. The van der Waals surface area contributed by atoms with Gasteiger partial charge in [0.1, 0.15) is 15.2 Å². The molecular formula is C14H15N3O2S2. The smallest absolute Gasteiger partial charge is 0.252 e. The number of thiophene rings is 1. The maximum absolute atomic E-state index is 12.6. The lowest BCUT2D eigenvalue weighted by molar-refractivity contribution is 0.415. The fourth-order valence-electron chi connectivity index (χ4n) is 1.86. The van der Waals surface area contributed by atoms with Gasteiger partial charge in [-0.1, -0.05) is 30.3 Å². The van der Waals surface area contributed by atoms with Gasteiger partial charge < -0.3 is 5.73 Å². The van der Waals surface area contributed by atoms with E-state index >= 15 is 0 Å². The van der Waals surface area contributed by atoms with Crippen LogP contribution in [0.3, 0.4) is 0 Å². The van der Waals surface area contributed by atoms with Crippen molar-refractivity contribution >= 4 is 21.4 Å². The minimum absolute atomic E-state index is 0.170. The normalized spacial score (nSPS) is 11.5. The van der Waals surface area contributed by atoms with Crippen molar-refractivity contribution in [3.05, 3.63) is 52.9 Å². The molecule has 2 rings (SSSR count). The Morgan fingerprint density at radius 1 is 1.19 bits per heavy atom. The van der Waals surface area contributed by atoms with Crippen molar-refractivity contribution in [3.8, 4) is 6.07 Å². The van der Waals surface area contributed by atoms with Crippen LogP contribution >= 0.6 is 11.3 Å². The predicted molar refractivity (Wildman–Crippen MR) is 82.1 cm³/mol. The summed E-state index contributed by atoms with van der Waals surface area (Å²) in [5.74, 6) is 0. The summed E-state index contributed by atoms with van der Waals surface area (Å²) in [7, 11) is -3.63. The van der Waals surface area contributed by atoms with Crippen LogP contribution in [-0.4, -0.2) is 25.8 Å². The first-order valence-corrected chi connectivity index (χ1v) is 8.57. The summed E-state index contributed by atoms with van der Waals surface area (Å²) in [5.41, 5.74) is 6.43. The van der Waals surface area contributed by atoms with Crippen molar-refractivity contribution in [3.63, 3.8) is 0 Å². The summed E-state index contributed by atoms with van der Waals surface area (Å²) >= 11 is 0.973. The van der Waals surface area contributed by atoms with Gasteiger partial charge in [-0.05, 0) is 17.7 Å². The zero-order valence-corrected chi connectivity index (χ0v) is 12.9. The predicted octanol–water partition coefficient (Wildman–Crippen LogP) is 1.77. The lowest BCUT2D eigenvalue weighted by Gasteiger charge is -2.20. The van der Waals surface area contributed by atoms with E-state index in [4.69, 9.17) is 11.0 Å². The van der Waals surface area contributed by atoms with E-state index < -0.39 is 10.0 Å². The molecule has 1 heterocycles. The number of benzene rings is 1. The summed E-state index contributed by atoms with van der Waals surface area (Å²) < 4.78 is 26.8. The Balaban J connectivity index is 2.30. The van der Waals surface area contributed by atoms with E-state index in [1.165, 1.54) is 16.4 Å². The average molecular weight is 321 g/mol. The Hall–Kier alpha value is -1.72. The Bertz CT molecular complexity index is 733. The van der Waals surface area contributed by atoms with Gasteiger partial charge in [-0.3, -0.25) is 0 Å². The molecule has 1 aromatic heterocycles. The molecule has 2 N–H and O–H groups in total. The van der Waals surface area contributed by atoms with Gasteiger partial charge in [-0.25, -0.2) is 8.42 Å². The van der Waals surface area contributed by atoms with Gasteiger partial charge in [-0.15, -0.1) is 11.3 Å². The summed E-state index contributed by atoms with van der Waals surface area (Å²) in [6.07, 6.45) is 0. The Morgan fingerprint density at radius 2 is 1.90 bits per heavy atom. The molecule has 0 aliphatic rings. The SMILES string of the molecule is N#Cc1ccc(S(=O)(=O)N(CCN)Cc2ccccc2)s1. The Morgan fingerprint density at radius 3 is 2.48 bits per heavy atom. The molecule has 0 fully saturated rings. The molecule has 0 saturated heterocycles. The molecule has 2 aromatic rings. The maximum atomic E-state index is 12.6. The molecule has 0 amide bonds. The topological polar surface area (TPSA) is 87.2 Å². The van der Waals surface area contributed by atoms with Crippen molar-refractivity contribution in [2.45, 2.75) is 10.8 Å². The number of nitriles is 1. The molecule has 0 bridgehead atoms. The molecular weight excluding hydrogens is 306 g/mol. The number of rotatable bonds is 6. The van der Waals surface area contributed by atoms with Crippen molar-refractivity contribution in [1.29, 1.82) is 5.26 Å². The maximum Gasteiger partial charge on any atom is 0.252 e. The highest BCUT2D eigenvalue weighted by Gasteiger charge is 2.25. The first kappa shape index (κ1) is 15.7. The van der Waals surface area contributed by atoms with E-state index in [9.17, 15) is 8.42 Å². The highest BCUT2D eigenvalue weighted by atomic mass is 32.2. The summed E-state index contributed by atoms with van der Waals surface area (Å²) in [6.45, 7) is 0.736. The summed E-state index contributed by atoms with van der Waals surface area (Å²) in [6, 6.07) is 14.3. The lowest BCUT2D eigenvalue weighted by Crippen LogP contribution is -2.34. The van der Waals surface area contributed by atoms with Crippen molar-refractivity contribution in [1.82, 2.24) is 4.31 Å². The zero-order chi connectivity index (χ0) is 15.3. The van der Waals surface area contributed by atoms with Gasteiger partial charge in [0.25, 0.3) is 10.0 Å². The molecule has 0 aliphatic carbocycles. The van der Waals surface area contributed by atoms with Crippen LogP contribution in [0.4, 0.5) is 0 Å². The molecule has 0 atom stereocenters. The summed E-state index contributed by atoms with van der Waals surface area (Å²) in [5, 5.41) is 8.83. The van der Waals surface area contributed by atoms with E-state index in [0.29, 0.717) is 4.88 Å².